The number of aromatic carboxylic acids is 1. The highest BCUT2D eigenvalue weighted by molar-refractivity contribution is 5.89. The number of carbonyl (C=O) groups is 1. The fourth-order valence-electron chi connectivity index (χ4n) is 1.99. The molecule has 3 N–H and O–H groups in total. The van der Waals surface area contributed by atoms with Crippen molar-refractivity contribution < 1.29 is 14.6 Å². The molecular weight excluding hydrogens is 270 g/mol. The number of pyridine rings is 1. The number of aromatic nitrogens is 1. The van der Waals surface area contributed by atoms with Crippen LogP contribution in [0.1, 0.15) is 15.9 Å². The molecule has 0 aliphatic heterocycles. The van der Waals surface area contributed by atoms with Gasteiger partial charge < -0.3 is 20.5 Å². The molecule has 0 amide bonds. The van der Waals surface area contributed by atoms with E-state index in [1.54, 1.807) is 7.11 Å². The molecule has 2 rings (SSSR count). The molecule has 21 heavy (non-hydrogen) atoms. The predicted octanol–water partition coefficient (Wildman–Crippen LogP) is 2.01. The number of carboxylic acid groups (broad SMARTS) is 1. The second-order valence-electron chi connectivity index (χ2n) is 4.65. The lowest BCUT2D eigenvalue weighted by Crippen LogP contribution is -2.19. The Kier molecular flexibility index (Phi) is 4.27. The van der Waals surface area contributed by atoms with Crippen molar-refractivity contribution in [2.45, 2.75) is 6.54 Å². The highest BCUT2D eigenvalue weighted by Crippen LogP contribution is 2.22. The quantitative estimate of drug-likeness (QED) is 0.874. The summed E-state index contributed by atoms with van der Waals surface area (Å²) >= 11 is 0. The zero-order valence-corrected chi connectivity index (χ0v) is 11.9. The summed E-state index contributed by atoms with van der Waals surface area (Å²) in [6.07, 6.45) is 1.30. The molecule has 0 unspecified atom stereocenters. The van der Waals surface area contributed by atoms with E-state index in [4.69, 9.17) is 15.6 Å². The maximum absolute atomic E-state index is 10.9. The molecule has 0 saturated carbocycles. The highest BCUT2D eigenvalue weighted by Gasteiger charge is 2.11. The van der Waals surface area contributed by atoms with Crippen LogP contribution in [-0.2, 0) is 6.54 Å². The summed E-state index contributed by atoms with van der Waals surface area (Å²) in [7, 11) is 3.47. The van der Waals surface area contributed by atoms with Crippen LogP contribution in [0.3, 0.4) is 0 Å². The van der Waals surface area contributed by atoms with Crippen molar-refractivity contribution in [1.82, 2.24) is 4.98 Å². The molecule has 0 atom stereocenters. The zero-order valence-electron chi connectivity index (χ0n) is 11.9. The Labute approximate surface area is 122 Å². The summed E-state index contributed by atoms with van der Waals surface area (Å²) in [5, 5.41) is 8.90. The van der Waals surface area contributed by atoms with E-state index < -0.39 is 5.97 Å². The van der Waals surface area contributed by atoms with Crippen molar-refractivity contribution in [3.05, 3.63) is 47.7 Å². The van der Waals surface area contributed by atoms with Gasteiger partial charge in [0, 0.05) is 19.8 Å². The Balaban J connectivity index is 2.15. The lowest BCUT2D eigenvalue weighted by Gasteiger charge is -2.20. The SMILES string of the molecule is COc1ccc(CN(C)c2ncc(C(=O)O)cc2N)cc1. The first-order valence-electron chi connectivity index (χ1n) is 6.34. The van der Waals surface area contributed by atoms with Gasteiger partial charge >= 0.3 is 5.97 Å². The number of benzene rings is 1. The maximum atomic E-state index is 10.9. The molecule has 110 valence electrons. The van der Waals surface area contributed by atoms with Crippen molar-refractivity contribution in [1.29, 1.82) is 0 Å². The van der Waals surface area contributed by atoms with Crippen LogP contribution in [0.2, 0.25) is 0 Å². The van der Waals surface area contributed by atoms with Crippen molar-refractivity contribution >= 4 is 17.5 Å². The lowest BCUT2D eigenvalue weighted by atomic mass is 10.2. The number of carboxylic acids is 1. The molecule has 1 aromatic heterocycles. The minimum atomic E-state index is -1.04. The van der Waals surface area contributed by atoms with Gasteiger partial charge in [0.2, 0.25) is 0 Å². The van der Waals surface area contributed by atoms with E-state index in [9.17, 15) is 4.79 Å². The summed E-state index contributed by atoms with van der Waals surface area (Å²) in [4.78, 5) is 16.9. The Morgan fingerprint density at radius 2 is 2.05 bits per heavy atom. The van der Waals surface area contributed by atoms with Crippen LogP contribution in [0.4, 0.5) is 11.5 Å². The van der Waals surface area contributed by atoms with E-state index in [-0.39, 0.29) is 5.56 Å². The topological polar surface area (TPSA) is 88.7 Å². The predicted molar refractivity (Wildman–Crippen MR) is 80.7 cm³/mol. The molecule has 6 heteroatoms. The third kappa shape index (κ3) is 3.42. The fraction of sp³-hybridized carbons (Fsp3) is 0.200. The van der Waals surface area contributed by atoms with Gasteiger partial charge in [0.1, 0.15) is 5.75 Å². The molecule has 0 fully saturated rings. The number of nitrogens with zero attached hydrogens (tertiary/aromatic N) is 2. The molecule has 1 heterocycles. The average molecular weight is 287 g/mol. The Bertz CT molecular complexity index is 641. The average Bonchev–Trinajstić information content (AvgIpc) is 2.47. The molecule has 2 aromatic rings. The van der Waals surface area contributed by atoms with Crippen LogP contribution in [0, 0.1) is 0 Å². The van der Waals surface area contributed by atoms with Gasteiger partial charge in [-0.3, -0.25) is 0 Å². The van der Waals surface area contributed by atoms with Crippen LogP contribution < -0.4 is 15.4 Å². The normalized spacial score (nSPS) is 10.2. The largest absolute Gasteiger partial charge is 0.497 e. The van der Waals surface area contributed by atoms with Gasteiger partial charge in [0.05, 0.1) is 18.4 Å². The number of hydrogen-bond donors (Lipinski definition) is 2. The van der Waals surface area contributed by atoms with Gasteiger partial charge in [-0.25, -0.2) is 9.78 Å². The first kappa shape index (κ1) is 14.6. The minimum Gasteiger partial charge on any atom is -0.497 e. The minimum absolute atomic E-state index is 0.0779. The van der Waals surface area contributed by atoms with Crippen LogP contribution in [0.25, 0.3) is 0 Å². The molecule has 0 spiro atoms. The van der Waals surface area contributed by atoms with E-state index in [1.165, 1.54) is 12.3 Å². The van der Waals surface area contributed by atoms with Crippen LogP contribution >= 0.6 is 0 Å². The number of rotatable bonds is 5. The van der Waals surface area contributed by atoms with Crippen LogP contribution in [0.15, 0.2) is 36.5 Å². The first-order chi connectivity index (χ1) is 10.0. The van der Waals surface area contributed by atoms with E-state index in [1.807, 2.05) is 36.2 Å². The molecule has 1 aromatic carbocycles. The first-order valence-corrected chi connectivity index (χ1v) is 6.34. The van der Waals surface area contributed by atoms with E-state index in [0.717, 1.165) is 11.3 Å². The smallest absolute Gasteiger partial charge is 0.337 e. The number of hydrogen-bond acceptors (Lipinski definition) is 5. The zero-order chi connectivity index (χ0) is 15.4. The van der Waals surface area contributed by atoms with Gasteiger partial charge in [-0.05, 0) is 23.8 Å². The standard InChI is InChI=1S/C15H17N3O3/c1-18(9-10-3-5-12(21-2)6-4-10)14-13(16)7-11(8-17-14)15(19)20/h3-8H,9,16H2,1-2H3,(H,19,20). The van der Waals surface area contributed by atoms with Gasteiger partial charge in [-0.1, -0.05) is 12.1 Å². The summed E-state index contributed by atoms with van der Waals surface area (Å²) in [5.41, 5.74) is 7.36. The molecule has 0 saturated heterocycles. The van der Waals surface area contributed by atoms with E-state index in [0.29, 0.717) is 18.1 Å². The van der Waals surface area contributed by atoms with Gasteiger partial charge in [-0.2, -0.15) is 0 Å². The third-order valence-electron chi connectivity index (χ3n) is 3.08. The number of nitrogens with two attached hydrogens (primary N) is 1. The summed E-state index contributed by atoms with van der Waals surface area (Å²) in [6, 6.07) is 9.09. The van der Waals surface area contributed by atoms with Crippen LogP contribution in [0.5, 0.6) is 5.75 Å². The summed E-state index contributed by atoms with van der Waals surface area (Å²) < 4.78 is 5.11. The number of methoxy groups -OCH3 is 1. The van der Waals surface area contributed by atoms with Gasteiger partial charge in [-0.15, -0.1) is 0 Å². The second kappa shape index (κ2) is 6.13. The van der Waals surface area contributed by atoms with Crippen molar-refractivity contribution in [3.8, 4) is 5.75 Å². The van der Waals surface area contributed by atoms with Crippen LogP contribution in [-0.4, -0.2) is 30.2 Å². The van der Waals surface area contributed by atoms with Gasteiger partial charge in [0.15, 0.2) is 5.82 Å². The number of ether oxygens (including phenoxy) is 1. The Hall–Kier alpha value is -2.76. The lowest BCUT2D eigenvalue weighted by molar-refractivity contribution is 0.0696. The summed E-state index contributed by atoms with van der Waals surface area (Å²) in [5.74, 6) is 0.305. The van der Waals surface area contributed by atoms with Crippen molar-refractivity contribution in [3.63, 3.8) is 0 Å². The van der Waals surface area contributed by atoms with Crippen molar-refractivity contribution in [2.24, 2.45) is 0 Å². The fourth-order valence-corrected chi connectivity index (χ4v) is 1.99. The van der Waals surface area contributed by atoms with E-state index >= 15 is 0 Å². The molecule has 0 radical (unpaired) electrons. The maximum Gasteiger partial charge on any atom is 0.337 e. The number of nitrogen functional groups attached to an aromatic ring is 1. The van der Waals surface area contributed by atoms with Crippen molar-refractivity contribution in [2.75, 3.05) is 24.8 Å². The molecule has 0 aliphatic rings. The molecule has 6 nitrogen and oxygen atoms in total. The second-order valence-corrected chi connectivity index (χ2v) is 4.65. The number of anilines is 2. The molecule has 0 aliphatic carbocycles. The highest BCUT2D eigenvalue weighted by atomic mass is 16.5. The third-order valence-corrected chi connectivity index (χ3v) is 3.08. The van der Waals surface area contributed by atoms with Gasteiger partial charge in [0.25, 0.3) is 0 Å². The Morgan fingerprint density at radius 1 is 1.38 bits per heavy atom. The van der Waals surface area contributed by atoms with E-state index in [2.05, 4.69) is 4.98 Å². The monoisotopic (exact) mass is 287 g/mol. The molecular formula is C15H17N3O3. The Morgan fingerprint density at radius 3 is 2.57 bits per heavy atom. The molecule has 0 bridgehead atoms. The summed E-state index contributed by atoms with van der Waals surface area (Å²) in [6.45, 7) is 0.605.